The molecule has 0 aromatic heterocycles. The summed E-state index contributed by atoms with van der Waals surface area (Å²) in [6.07, 6.45) is 1.36. The molecule has 1 unspecified atom stereocenters. The molecule has 0 spiro atoms. The monoisotopic (exact) mass is 197 g/mol. The first-order valence-corrected chi connectivity index (χ1v) is 5.85. The average Bonchev–Trinajstić information content (AvgIpc) is 2.76. The van der Waals surface area contributed by atoms with Gasteiger partial charge in [-0.1, -0.05) is 13.8 Å². The molecule has 82 valence electrons. The summed E-state index contributed by atoms with van der Waals surface area (Å²) in [5.41, 5.74) is 0.573. The Morgan fingerprint density at radius 2 is 2.00 bits per heavy atom. The Labute approximate surface area is 87.2 Å². The molecule has 1 aliphatic heterocycles. The molecule has 3 nitrogen and oxygen atoms in total. The van der Waals surface area contributed by atoms with E-state index < -0.39 is 0 Å². The third-order valence-corrected chi connectivity index (χ3v) is 3.54. The lowest BCUT2D eigenvalue weighted by atomic mass is 10.2. The predicted octanol–water partition coefficient (Wildman–Crippen LogP) is 0.280. The van der Waals surface area contributed by atoms with Crippen LogP contribution in [0, 0.1) is 5.41 Å². The van der Waals surface area contributed by atoms with Crippen molar-refractivity contribution in [2.24, 2.45) is 5.41 Å². The first-order valence-electron chi connectivity index (χ1n) is 5.85. The first-order chi connectivity index (χ1) is 6.68. The average molecular weight is 197 g/mol. The van der Waals surface area contributed by atoms with Crippen LogP contribution in [0.25, 0.3) is 0 Å². The highest BCUT2D eigenvalue weighted by atomic mass is 15.2. The Hall–Kier alpha value is -0.120. The summed E-state index contributed by atoms with van der Waals surface area (Å²) in [5.74, 6) is 0. The summed E-state index contributed by atoms with van der Waals surface area (Å²) in [5, 5.41) is 7.01. The van der Waals surface area contributed by atoms with E-state index in [1.165, 1.54) is 26.1 Å². The largest absolute Gasteiger partial charge is 0.314 e. The molecule has 0 bridgehead atoms. The molecule has 14 heavy (non-hydrogen) atoms. The molecule has 2 rings (SSSR count). The molecule has 2 fully saturated rings. The van der Waals surface area contributed by atoms with Crippen LogP contribution in [-0.4, -0.2) is 50.2 Å². The lowest BCUT2D eigenvalue weighted by Gasteiger charge is -2.27. The normalized spacial score (nSPS) is 31.7. The van der Waals surface area contributed by atoms with Crippen LogP contribution in [0.4, 0.5) is 0 Å². The van der Waals surface area contributed by atoms with Crippen LogP contribution in [0.15, 0.2) is 0 Å². The van der Waals surface area contributed by atoms with E-state index in [1.54, 1.807) is 0 Å². The molecule has 0 amide bonds. The third kappa shape index (κ3) is 2.69. The van der Waals surface area contributed by atoms with Crippen molar-refractivity contribution in [2.75, 3.05) is 39.3 Å². The molecule has 1 saturated carbocycles. The summed E-state index contributed by atoms with van der Waals surface area (Å²) in [6.45, 7) is 11.8. The van der Waals surface area contributed by atoms with Gasteiger partial charge >= 0.3 is 0 Å². The van der Waals surface area contributed by atoms with Crippen molar-refractivity contribution < 1.29 is 0 Å². The third-order valence-electron chi connectivity index (χ3n) is 3.54. The second-order valence-corrected chi connectivity index (χ2v) is 5.29. The molecule has 0 aromatic rings. The summed E-state index contributed by atoms with van der Waals surface area (Å²) in [4.78, 5) is 2.54. The van der Waals surface area contributed by atoms with Gasteiger partial charge in [0.25, 0.3) is 0 Å². The van der Waals surface area contributed by atoms with Crippen LogP contribution in [0.5, 0.6) is 0 Å². The Balaban J connectivity index is 1.54. The van der Waals surface area contributed by atoms with E-state index in [0.717, 1.165) is 25.7 Å². The fourth-order valence-electron chi connectivity index (χ4n) is 2.15. The number of piperazine rings is 1. The lowest BCUT2D eigenvalue weighted by molar-refractivity contribution is 0.240. The van der Waals surface area contributed by atoms with Gasteiger partial charge in [0.05, 0.1) is 0 Å². The zero-order valence-corrected chi connectivity index (χ0v) is 9.47. The van der Waals surface area contributed by atoms with Crippen LogP contribution in [0.2, 0.25) is 0 Å². The Kier molecular flexibility index (Phi) is 3.10. The van der Waals surface area contributed by atoms with Crippen molar-refractivity contribution in [3.63, 3.8) is 0 Å². The quantitative estimate of drug-likeness (QED) is 0.678. The van der Waals surface area contributed by atoms with Gasteiger partial charge < -0.3 is 10.6 Å². The molecule has 1 saturated heterocycles. The number of hydrogen-bond donors (Lipinski definition) is 2. The van der Waals surface area contributed by atoms with Crippen molar-refractivity contribution in [1.82, 2.24) is 15.5 Å². The highest BCUT2D eigenvalue weighted by Gasteiger charge is 2.44. The summed E-state index contributed by atoms with van der Waals surface area (Å²) in [7, 11) is 0. The predicted molar refractivity (Wildman–Crippen MR) is 59.5 cm³/mol. The van der Waals surface area contributed by atoms with Crippen LogP contribution >= 0.6 is 0 Å². The second kappa shape index (κ2) is 4.17. The van der Waals surface area contributed by atoms with Gasteiger partial charge in [0.15, 0.2) is 0 Å². The van der Waals surface area contributed by atoms with Gasteiger partial charge in [0, 0.05) is 45.3 Å². The molecule has 1 aliphatic carbocycles. The first kappa shape index (κ1) is 10.4. The number of hydrogen-bond acceptors (Lipinski definition) is 3. The highest BCUT2D eigenvalue weighted by molar-refractivity contribution is 5.01. The second-order valence-electron chi connectivity index (χ2n) is 5.29. The summed E-state index contributed by atoms with van der Waals surface area (Å²) < 4.78 is 0. The maximum atomic E-state index is 3.63. The SMILES string of the molecule is CC1(C)CC1NCCN1CCNCC1. The van der Waals surface area contributed by atoms with Gasteiger partial charge in [0.2, 0.25) is 0 Å². The molecule has 2 aliphatic rings. The zero-order chi connectivity index (χ0) is 10.0. The van der Waals surface area contributed by atoms with Crippen molar-refractivity contribution >= 4 is 0 Å². The van der Waals surface area contributed by atoms with E-state index in [0.29, 0.717) is 5.41 Å². The van der Waals surface area contributed by atoms with Crippen LogP contribution in [0.1, 0.15) is 20.3 Å². The van der Waals surface area contributed by atoms with Crippen LogP contribution in [0.3, 0.4) is 0 Å². The molecular formula is C11H23N3. The minimum absolute atomic E-state index is 0.573. The molecule has 3 heteroatoms. The van der Waals surface area contributed by atoms with E-state index in [2.05, 4.69) is 29.4 Å². The van der Waals surface area contributed by atoms with Gasteiger partial charge in [0.1, 0.15) is 0 Å². The van der Waals surface area contributed by atoms with Crippen molar-refractivity contribution in [3.05, 3.63) is 0 Å². The molecule has 1 heterocycles. The highest BCUT2D eigenvalue weighted by Crippen LogP contribution is 2.44. The summed E-state index contributed by atoms with van der Waals surface area (Å²) >= 11 is 0. The Bertz CT molecular complexity index is 185. The van der Waals surface area contributed by atoms with Crippen molar-refractivity contribution in [1.29, 1.82) is 0 Å². The molecule has 0 radical (unpaired) electrons. The van der Waals surface area contributed by atoms with Crippen molar-refractivity contribution in [3.8, 4) is 0 Å². The van der Waals surface area contributed by atoms with Crippen LogP contribution in [-0.2, 0) is 0 Å². The smallest absolute Gasteiger partial charge is 0.0125 e. The summed E-state index contributed by atoms with van der Waals surface area (Å²) in [6, 6.07) is 0.783. The van der Waals surface area contributed by atoms with Gasteiger partial charge in [-0.25, -0.2) is 0 Å². The fourth-order valence-corrected chi connectivity index (χ4v) is 2.15. The van der Waals surface area contributed by atoms with Gasteiger partial charge in [-0.3, -0.25) is 4.90 Å². The number of nitrogens with one attached hydrogen (secondary N) is 2. The van der Waals surface area contributed by atoms with Gasteiger partial charge in [-0.15, -0.1) is 0 Å². The minimum Gasteiger partial charge on any atom is -0.314 e. The van der Waals surface area contributed by atoms with Crippen molar-refractivity contribution in [2.45, 2.75) is 26.3 Å². The minimum atomic E-state index is 0.573. The molecule has 1 atom stereocenters. The fraction of sp³-hybridized carbons (Fsp3) is 1.00. The van der Waals surface area contributed by atoms with E-state index in [-0.39, 0.29) is 0 Å². The van der Waals surface area contributed by atoms with E-state index in [1.807, 2.05) is 0 Å². The zero-order valence-electron chi connectivity index (χ0n) is 9.47. The van der Waals surface area contributed by atoms with Crippen LogP contribution < -0.4 is 10.6 Å². The Morgan fingerprint density at radius 3 is 2.57 bits per heavy atom. The molecule has 0 aromatic carbocycles. The van der Waals surface area contributed by atoms with E-state index in [9.17, 15) is 0 Å². The maximum absolute atomic E-state index is 3.63. The number of nitrogens with zero attached hydrogens (tertiary/aromatic N) is 1. The Morgan fingerprint density at radius 1 is 1.36 bits per heavy atom. The van der Waals surface area contributed by atoms with Gasteiger partial charge in [-0.2, -0.15) is 0 Å². The molecular weight excluding hydrogens is 174 g/mol. The topological polar surface area (TPSA) is 27.3 Å². The number of rotatable bonds is 4. The van der Waals surface area contributed by atoms with E-state index >= 15 is 0 Å². The maximum Gasteiger partial charge on any atom is 0.0125 e. The lowest BCUT2D eigenvalue weighted by Crippen LogP contribution is -2.46. The standard InChI is InChI=1S/C11H23N3/c1-11(2)9-10(11)13-5-8-14-6-3-12-4-7-14/h10,12-13H,3-9H2,1-2H3. The molecule has 2 N–H and O–H groups in total. The van der Waals surface area contributed by atoms with Gasteiger partial charge in [-0.05, 0) is 11.8 Å². The van der Waals surface area contributed by atoms with E-state index in [4.69, 9.17) is 0 Å².